The van der Waals surface area contributed by atoms with E-state index in [1.807, 2.05) is 17.7 Å². The summed E-state index contributed by atoms with van der Waals surface area (Å²) in [6.45, 7) is 1.92. The Balaban J connectivity index is 2.10. The third kappa shape index (κ3) is 1.85. The number of hydrogen-bond acceptors (Lipinski definition) is 3. The van der Waals surface area contributed by atoms with E-state index in [2.05, 4.69) is 0 Å². The lowest BCUT2D eigenvalue weighted by Crippen LogP contribution is -1.99. The van der Waals surface area contributed by atoms with Crippen molar-refractivity contribution in [2.45, 2.75) is 6.92 Å². The van der Waals surface area contributed by atoms with Crippen LogP contribution < -0.4 is 0 Å². The zero-order valence-electron chi connectivity index (χ0n) is 9.57. The van der Waals surface area contributed by atoms with Gasteiger partial charge in [0.15, 0.2) is 5.76 Å². The quantitative estimate of drug-likeness (QED) is 0.636. The molecular formula is C14H9ClO2S. The highest BCUT2D eigenvalue weighted by Gasteiger charge is 2.17. The van der Waals surface area contributed by atoms with E-state index in [0.29, 0.717) is 21.9 Å². The number of ketones is 1. The zero-order valence-corrected chi connectivity index (χ0v) is 11.1. The van der Waals surface area contributed by atoms with Crippen molar-refractivity contribution in [3.05, 3.63) is 56.9 Å². The maximum Gasteiger partial charge on any atom is 0.229 e. The number of carbonyl (C=O) groups is 1. The van der Waals surface area contributed by atoms with Gasteiger partial charge in [0.25, 0.3) is 0 Å². The maximum atomic E-state index is 12.3. The first-order valence-corrected chi connectivity index (χ1v) is 6.74. The van der Waals surface area contributed by atoms with Crippen LogP contribution in [0, 0.1) is 6.92 Å². The smallest absolute Gasteiger partial charge is 0.229 e. The highest BCUT2D eigenvalue weighted by molar-refractivity contribution is 7.08. The summed E-state index contributed by atoms with van der Waals surface area (Å²) in [6.07, 6.45) is 0. The van der Waals surface area contributed by atoms with Crippen molar-refractivity contribution in [1.29, 1.82) is 0 Å². The number of halogens is 1. The van der Waals surface area contributed by atoms with Crippen LogP contribution in [0.1, 0.15) is 21.7 Å². The molecule has 0 atom stereocenters. The van der Waals surface area contributed by atoms with Gasteiger partial charge in [0.05, 0.1) is 0 Å². The maximum absolute atomic E-state index is 12.3. The molecule has 2 aromatic heterocycles. The predicted octanol–water partition coefficient (Wildman–Crippen LogP) is 4.69. The van der Waals surface area contributed by atoms with Crippen LogP contribution >= 0.6 is 22.9 Å². The molecule has 0 aliphatic carbocycles. The molecule has 4 heteroatoms. The molecular weight excluding hydrogens is 268 g/mol. The predicted molar refractivity (Wildman–Crippen MR) is 73.7 cm³/mol. The molecule has 0 aliphatic heterocycles. The fourth-order valence-electron chi connectivity index (χ4n) is 1.85. The van der Waals surface area contributed by atoms with E-state index in [9.17, 15) is 4.79 Å². The van der Waals surface area contributed by atoms with Crippen LogP contribution in [-0.4, -0.2) is 5.78 Å². The minimum absolute atomic E-state index is 0.0823. The van der Waals surface area contributed by atoms with Gasteiger partial charge in [0.2, 0.25) is 5.78 Å². The van der Waals surface area contributed by atoms with E-state index in [1.165, 1.54) is 11.3 Å². The third-order valence-electron chi connectivity index (χ3n) is 2.80. The van der Waals surface area contributed by atoms with E-state index in [1.54, 1.807) is 24.3 Å². The summed E-state index contributed by atoms with van der Waals surface area (Å²) in [5, 5.41) is 5.28. The summed E-state index contributed by atoms with van der Waals surface area (Å²) < 4.78 is 5.56. The van der Waals surface area contributed by atoms with Gasteiger partial charge < -0.3 is 4.42 Å². The van der Waals surface area contributed by atoms with Crippen LogP contribution in [-0.2, 0) is 0 Å². The lowest BCUT2D eigenvalue weighted by molar-refractivity contribution is 0.101. The van der Waals surface area contributed by atoms with Crippen LogP contribution in [0.25, 0.3) is 11.0 Å². The first kappa shape index (κ1) is 11.5. The van der Waals surface area contributed by atoms with Gasteiger partial charge in [-0.25, -0.2) is 0 Å². The molecule has 0 saturated heterocycles. The Kier molecular flexibility index (Phi) is 2.73. The average molecular weight is 277 g/mol. The Hall–Kier alpha value is -1.58. The lowest BCUT2D eigenvalue weighted by Gasteiger charge is -1.94. The highest BCUT2D eigenvalue weighted by Crippen LogP contribution is 2.26. The SMILES string of the molecule is Cc1cscc1C(=O)c1cc2cc(Cl)ccc2o1. The number of rotatable bonds is 2. The average Bonchev–Trinajstić information content (AvgIpc) is 2.93. The molecule has 3 aromatic rings. The molecule has 18 heavy (non-hydrogen) atoms. The lowest BCUT2D eigenvalue weighted by atomic mass is 10.1. The van der Waals surface area contributed by atoms with Gasteiger partial charge in [0.1, 0.15) is 5.58 Å². The Morgan fingerprint density at radius 3 is 2.83 bits per heavy atom. The Morgan fingerprint density at radius 2 is 2.11 bits per heavy atom. The van der Waals surface area contributed by atoms with Gasteiger partial charge in [-0.05, 0) is 42.1 Å². The van der Waals surface area contributed by atoms with Crippen molar-refractivity contribution in [3.8, 4) is 0 Å². The fraction of sp³-hybridized carbons (Fsp3) is 0.0714. The first-order valence-electron chi connectivity index (χ1n) is 5.42. The molecule has 0 saturated carbocycles. The molecule has 3 rings (SSSR count). The van der Waals surface area contributed by atoms with Gasteiger partial charge >= 0.3 is 0 Å². The number of thiophene rings is 1. The minimum Gasteiger partial charge on any atom is -0.453 e. The molecule has 0 unspecified atom stereocenters. The molecule has 0 N–H and O–H groups in total. The van der Waals surface area contributed by atoms with E-state index < -0.39 is 0 Å². The van der Waals surface area contributed by atoms with Crippen molar-refractivity contribution in [2.75, 3.05) is 0 Å². The topological polar surface area (TPSA) is 30.2 Å². The van der Waals surface area contributed by atoms with Crippen molar-refractivity contribution in [3.63, 3.8) is 0 Å². The fourth-order valence-corrected chi connectivity index (χ4v) is 2.86. The Labute approximate surface area is 113 Å². The van der Waals surface area contributed by atoms with Gasteiger partial charge in [-0.15, -0.1) is 0 Å². The number of benzene rings is 1. The summed E-state index contributed by atoms with van der Waals surface area (Å²) in [5.41, 5.74) is 2.35. The van der Waals surface area contributed by atoms with E-state index >= 15 is 0 Å². The number of furan rings is 1. The van der Waals surface area contributed by atoms with Gasteiger partial charge in [-0.3, -0.25) is 4.79 Å². The summed E-state index contributed by atoms with van der Waals surface area (Å²) in [7, 11) is 0. The minimum atomic E-state index is -0.0823. The van der Waals surface area contributed by atoms with Crippen LogP contribution in [0.2, 0.25) is 5.02 Å². The Bertz CT molecular complexity index is 739. The van der Waals surface area contributed by atoms with Crippen LogP contribution in [0.4, 0.5) is 0 Å². The Morgan fingerprint density at radius 1 is 1.28 bits per heavy atom. The zero-order chi connectivity index (χ0) is 12.7. The summed E-state index contributed by atoms with van der Waals surface area (Å²) >= 11 is 7.42. The molecule has 0 aliphatic rings. The monoisotopic (exact) mass is 276 g/mol. The second-order valence-electron chi connectivity index (χ2n) is 4.09. The molecule has 0 spiro atoms. The summed E-state index contributed by atoms with van der Waals surface area (Å²) in [6, 6.07) is 7.05. The van der Waals surface area contributed by atoms with Crippen molar-refractivity contribution in [2.24, 2.45) is 0 Å². The summed E-state index contributed by atoms with van der Waals surface area (Å²) in [4.78, 5) is 12.3. The number of carbonyl (C=O) groups excluding carboxylic acids is 1. The van der Waals surface area contributed by atoms with Crippen LogP contribution in [0.3, 0.4) is 0 Å². The third-order valence-corrected chi connectivity index (χ3v) is 3.90. The van der Waals surface area contributed by atoms with Crippen molar-refractivity contribution < 1.29 is 9.21 Å². The molecule has 0 amide bonds. The molecule has 2 nitrogen and oxygen atoms in total. The van der Waals surface area contributed by atoms with Crippen LogP contribution in [0.5, 0.6) is 0 Å². The molecule has 1 aromatic carbocycles. The number of aryl methyl sites for hydroxylation is 1. The van der Waals surface area contributed by atoms with E-state index in [4.69, 9.17) is 16.0 Å². The van der Waals surface area contributed by atoms with Gasteiger partial charge in [0, 0.05) is 21.4 Å². The molecule has 2 heterocycles. The summed E-state index contributed by atoms with van der Waals surface area (Å²) in [5.74, 6) is 0.273. The number of hydrogen-bond donors (Lipinski definition) is 0. The van der Waals surface area contributed by atoms with Crippen molar-refractivity contribution in [1.82, 2.24) is 0 Å². The van der Waals surface area contributed by atoms with Gasteiger partial charge in [-0.1, -0.05) is 11.6 Å². The first-order chi connectivity index (χ1) is 8.65. The van der Waals surface area contributed by atoms with Crippen molar-refractivity contribution >= 4 is 39.7 Å². The molecule has 0 fully saturated rings. The second kappa shape index (κ2) is 4.26. The standard InChI is InChI=1S/C14H9ClO2S/c1-8-6-18-7-11(8)14(16)13-5-9-4-10(15)2-3-12(9)17-13/h2-7H,1H3. The van der Waals surface area contributed by atoms with E-state index in [0.717, 1.165) is 10.9 Å². The highest BCUT2D eigenvalue weighted by atomic mass is 35.5. The molecule has 90 valence electrons. The molecule has 0 radical (unpaired) electrons. The largest absolute Gasteiger partial charge is 0.453 e. The number of fused-ring (bicyclic) bond motifs is 1. The molecule has 0 bridgehead atoms. The van der Waals surface area contributed by atoms with E-state index in [-0.39, 0.29) is 5.78 Å². The van der Waals surface area contributed by atoms with Gasteiger partial charge in [-0.2, -0.15) is 11.3 Å². The normalized spacial score (nSPS) is 11.0. The van der Waals surface area contributed by atoms with Crippen LogP contribution in [0.15, 0.2) is 39.4 Å². The second-order valence-corrected chi connectivity index (χ2v) is 5.27.